The molecule has 0 aliphatic heterocycles. The van der Waals surface area contributed by atoms with Gasteiger partial charge >= 0.3 is 0 Å². The summed E-state index contributed by atoms with van der Waals surface area (Å²) in [6.07, 6.45) is 0.973. The fourth-order valence-electron chi connectivity index (χ4n) is 3.63. The minimum atomic E-state index is -0.103. The van der Waals surface area contributed by atoms with Crippen LogP contribution in [0.4, 0.5) is 0 Å². The minimum absolute atomic E-state index is 0.0400. The number of hydrogen-bond donors (Lipinski definition) is 1. The van der Waals surface area contributed by atoms with Crippen molar-refractivity contribution < 1.29 is 14.6 Å². The van der Waals surface area contributed by atoms with Crippen molar-refractivity contribution >= 4 is 13.9 Å². The molecule has 0 aliphatic carbocycles. The van der Waals surface area contributed by atoms with Gasteiger partial charge in [0.05, 0.1) is 6.61 Å². The van der Waals surface area contributed by atoms with Gasteiger partial charge in [-0.25, -0.2) is 0 Å². The third-order valence-electron chi connectivity index (χ3n) is 5.51. The number of rotatable bonds is 8. The van der Waals surface area contributed by atoms with E-state index < -0.39 is 0 Å². The molecule has 2 atom stereocenters. The van der Waals surface area contributed by atoms with Crippen molar-refractivity contribution in [3.63, 3.8) is 0 Å². The third-order valence-corrected chi connectivity index (χ3v) is 7.44. The minimum Gasteiger partial charge on any atom is -0.467 e. The van der Waals surface area contributed by atoms with Crippen LogP contribution in [0.15, 0.2) is 30.3 Å². The molecule has 0 bridgehead atoms. The average Bonchev–Trinajstić information content (AvgIpc) is 2.66. The fraction of sp³-hybridized carbons (Fsp3) is 0.520. The Balaban J connectivity index is 2.66. The highest BCUT2D eigenvalue weighted by Crippen LogP contribution is 2.50. The van der Waals surface area contributed by atoms with Gasteiger partial charge in [-0.2, -0.15) is 0 Å². The third kappa shape index (κ3) is 5.60. The molecule has 0 spiro atoms. The van der Waals surface area contributed by atoms with Crippen LogP contribution in [-0.2, 0) is 21.9 Å². The Morgan fingerprint density at radius 3 is 2.17 bits per heavy atom. The van der Waals surface area contributed by atoms with Gasteiger partial charge in [0.2, 0.25) is 0 Å². The van der Waals surface area contributed by atoms with E-state index in [1.165, 1.54) is 27.6 Å². The van der Waals surface area contributed by atoms with Crippen molar-refractivity contribution in [2.24, 2.45) is 0 Å². The normalized spacial score (nSPS) is 14.4. The van der Waals surface area contributed by atoms with Gasteiger partial charge in [-0.05, 0) is 36.6 Å². The molecule has 0 aromatic heterocycles. The van der Waals surface area contributed by atoms with Crippen molar-refractivity contribution in [1.29, 1.82) is 0 Å². The molecule has 0 saturated carbocycles. The Labute approximate surface area is 178 Å². The lowest BCUT2D eigenvalue weighted by atomic mass is 9.81. The molecule has 29 heavy (non-hydrogen) atoms. The van der Waals surface area contributed by atoms with Crippen LogP contribution in [0.5, 0.6) is 5.75 Å². The lowest BCUT2D eigenvalue weighted by Gasteiger charge is -2.35. The van der Waals surface area contributed by atoms with E-state index in [1.54, 1.807) is 7.11 Å². The summed E-state index contributed by atoms with van der Waals surface area (Å²) in [5.74, 6) is 0.944. The topological polar surface area (TPSA) is 38.7 Å². The van der Waals surface area contributed by atoms with Gasteiger partial charge in [-0.3, -0.25) is 0 Å². The zero-order chi connectivity index (χ0) is 21.8. The summed E-state index contributed by atoms with van der Waals surface area (Å²) in [5, 5.41) is 11.0. The van der Waals surface area contributed by atoms with Crippen LogP contribution in [0.1, 0.15) is 68.9 Å². The maximum Gasteiger partial charge on any atom is 0.188 e. The molecule has 3 nitrogen and oxygen atoms in total. The second kappa shape index (κ2) is 9.60. The first-order valence-corrected chi connectivity index (χ1v) is 11.3. The molecular formula is C25H37O3P. The SMILES string of the molecule is CCC(C)(Pc1ccc(C)cc1CO)c1cc(C)cc(C(C)(C)C)c1OCOC. The van der Waals surface area contributed by atoms with Crippen molar-refractivity contribution in [2.75, 3.05) is 13.9 Å². The quantitative estimate of drug-likeness (QED) is 0.443. The summed E-state index contributed by atoms with van der Waals surface area (Å²) in [6, 6.07) is 10.9. The molecule has 2 rings (SSSR count). The van der Waals surface area contributed by atoms with E-state index in [0.29, 0.717) is 8.58 Å². The number of aliphatic hydroxyl groups excluding tert-OH is 1. The van der Waals surface area contributed by atoms with Gasteiger partial charge in [0.15, 0.2) is 6.79 Å². The lowest BCUT2D eigenvalue weighted by molar-refractivity contribution is 0.0487. The number of ether oxygens (including phenoxy) is 2. The predicted octanol–water partition coefficient (Wildman–Crippen LogP) is 5.71. The molecule has 0 fully saturated rings. The second-order valence-corrected chi connectivity index (χ2v) is 11.0. The summed E-state index contributed by atoms with van der Waals surface area (Å²) in [6.45, 7) is 15.7. The van der Waals surface area contributed by atoms with Crippen LogP contribution < -0.4 is 10.0 Å². The summed E-state index contributed by atoms with van der Waals surface area (Å²) < 4.78 is 11.5. The van der Waals surface area contributed by atoms with Crippen molar-refractivity contribution in [3.05, 3.63) is 58.1 Å². The molecule has 0 amide bonds. The number of aryl methyl sites for hydroxylation is 2. The van der Waals surface area contributed by atoms with E-state index in [0.717, 1.165) is 17.7 Å². The van der Waals surface area contributed by atoms with Crippen molar-refractivity contribution in [2.45, 2.75) is 72.1 Å². The second-order valence-electron chi connectivity index (χ2n) is 9.12. The van der Waals surface area contributed by atoms with E-state index >= 15 is 0 Å². The zero-order valence-corrected chi connectivity index (χ0v) is 20.3. The van der Waals surface area contributed by atoms with Gasteiger partial charge < -0.3 is 14.6 Å². The van der Waals surface area contributed by atoms with Crippen LogP contribution in [0, 0.1) is 13.8 Å². The van der Waals surface area contributed by atoms with Crippen LogP contribution in [0.2, 0.25) is 0 Å². The smallest absolute Gasteiger partial charge is 0.188 e. The fourth-order valence-corrected chi connectivity index (χ4v) is 5.20. The lowest BCUT2D eigenvalue weighted by Crippen LogP contribution is -2.24. The van der Waals surface area contributed by atoms with Gasteiger partial charge in [0, 0.05) is 23.4 Å². The van der Waals surface area contributed by atoms with Crippen LogP contribution in [-0.4, -0.2) is 19.0 Å². The van der Waals surface area contributed by atoms with Crippen LogP contribution >= 0.6 is 8.58 Å². The summed E-state index contributed by atoms with van der Waals surface area (Å²) in [5.41, 5.74) is 5.83. The molecule has 160 valence electrons. The maximum atomic E-state index is 9.91. The molecule has 0 saturated heterocycles. The van der Waals surface area contributed by atoms with Crippen molar-refractivity contribution in [3.8, 4) is 5.75 Å². The molecule has 0 heterocycles. The number of methoxy groups -OCH3 is 1. The molecular weight excluding hydrogens is 379 g/mol. The van der Waals surface area contributed by atoms with E-state index in [2.05, 4.69) is 78.8 Å². The molecule has 1 N–H and O–H groups in total. The Bertz CT molecular complexity index is 839. The highest BCUT2D eigenvalue weighted by Gasteiger charge is 2.33. The van der Waals surface area contributed by atoms with Crippen LogP contribution in [0.3, 0.4) is 0 Å². The summed E-state index contributed by atoms with van der Waals surface area (Å²) in [4.78, 5) is 0. The molecule has 2 aromatic rings. The highest BCUT2D eigenvalue weighted by molar-refractivity contribution is 7.48. The first-order valence-electron chi connectivity index (χ1n) is 10.3. The highest BCUT2D eigenvalue weighted by atomic mass is 31.1. The van der Waals surface area contributed by atoms with E-state index in [9.17, 15) is 5.11 Å². The molecule has 0 aliphatic rings. The summed E-state index contributed by atoms with van der Waals surface area (Å²) >= 11 is 0. The Morgan fingerprint density at radius 1 is 0.966 bits per heavy atom. The predicted molar refractivity (Wildman–Crippen MR) is 125 cm³/mol. The van der Waals surface area contributed by atoms with E-state index in [4.69, 9.17) is 9.47 Å². The van der Waals surface area contributed by atoms with Gasteiger partial charge in [-0.15, -0.1) is 0 Å². The van der Waals surface area contributed by atoms with Gasteiger partial charge in [0.25, 0.3) is 0 Å². The van der Waals surface area contributed by atoms with Gasteiger partial charge in [0.1, 0.15) is 5.75 Å². The zero-order valence-electron chi connectivity index (χ0n) is 19.3. The van der Waals surface area contributed by atoms with E-state index in [-0.39, 0.29) is 24.0 Å². The molecule has 2 unspecified atom stereocenters. The Hall–Kier alpha value is -1.41. The van der Waals surface area contributed by atoms with Gasteiger partial charge in [-0.1, -0.05) is 84.7 Å². The maximum absolute atomic E-state index is 9.91. The largest absolute Gasteiger partial charge is 0.467 e. The molecule has 4 heteroatoms. The molecule has 0 radical (unpaired) electrons. The summed E-state index contributed by atoms with van der Waals surface area (Å²) in [7, 11) is 2.18. The average molecular weight is 417 g/mol. The first kappa shape index (κ1) is 23.9. The molecule has 2 aromatic carbocycles. The van der Waals surface area contributed by atoms with Crippen LogP contribution in [0.25, 0.3) is 0 Å². The Morgan fingerprint density at radius 2 is 1.62 bits per heavy atom. The number of benzene rings is 2. The Kier molecular flexibility index (Phi) is 7.90. The number of aliphatic hydroxyl groups is 1. The van der Waals surface area contributed by atoms with E-state index in [1.807, 2.05) is 0 Å². The number of hydrogen-bond acceptors (Lipinski definition) is 3. The first-order chi connectivity index (χ1) is 13.6. The monoisotopic (exact) mass is 416 g/mol. The van der Waals surface area contributed by atoms with Crippen molar-refractivity contribution in [1.82, 2.24) is 0 Å². The standard InChI is InChI=1S/C25H37O3P/c1-9-25(7,29-22-11-10-17(2)12-19(22)15-26)21-14-18(3)13-20(24(4,5)6)23(21)28-16-27-8/h10-14,26,29H,9,15-16H2,1-8H3.